The molecule has 0 fully saturated rings. The molecule has 0 bridgehead atoms. The third-order valence-electron chi connectivity index (χ3n) is 3.19. The lowest BCUT2D eigenvalue weighted by molar-refractivity contribution is 0.376. The van der Waals surface area contributed by atoms with Gasteiger partial charge in [0.05, 0.1) is 12.8 Å². The molecule has 1 aliphatic rings. The molecule has 0 aliphatic carbocycles. The summed E-state index contributed by atoms with van der Waals surface area (Å²) in [5.41, 5.74) is 3.14. The zero-order chi connectivity index (χ0) is 13.9. The maximum atomic E-state index is 5.18. The number of nitrogens with one attached hydrogen (secondary N) is 2. The van der Waals surface area contributed by atoms with Crippen molar-refractivity contribution in [1.29, 1.82) is 0 Å². The van der Waals surface area contributed by atoms with E-state index >= 15 is 0 Å². The molecular weight excluding hydrogens is 320 g/mol. The molecule has 0 atom stereocenters. The van der Waals surface area contributed by atoms with E-state index < -0.39 is 0 Å². The van der Waals surface area contributed by atoms with Gasteiger partial charge in [-0.3, -0.25) is 0 Å². The molecule has 0 unspecified atom stereocenters. The van der Waals surface area contributed by atoms with Crippen LogP contribution in [-0.4, -0.2) is 23.6 Å². The Bertz CT molecular complexity index is 633. The molecule has 6 heteroatoms. The second kappa shape index (κ2) is 5.76. The van der Waals surface area contributed by atoms with Gasteiger partial charge in [-0.1, -0.05) is 22.0 Å². The predicted molar refractivity (Wildman–Crippen MR) is 81.4 cm³/mol. The highest BCUT2D eigenvalue weighted by molar-refractivity contribution is 9.10. The average Bonchev–Trinajstić information content (AvgIpc) is 2.47. The van der Waals surface area contributed by atoms with Gasteiger partial charge in [-0.2, -0.15) is 9.97 Å². The number of benzene rings is 1. The number of anilines is 2. The van der Waals surface area contributed by atoms with Gasteiger partial charge in [0.15, 0.2) is 0 Å². The van der Waals surface area contributed by atoms with Crippen molar-refractivity contribution in [3.8, 4) is 6.01 Å². The topological polar surface area (TPSA) is 59.1 Å². The summed E-state index contributed by atoms with van der Waals surface area (Å²) in [6, 6.07) is 8.39. The van der Waals surface area contributed by atoms with Crippen LogP contribution in [0.1, 0.15) is 11.3 Å². The van der Waals surface area contributed by atoms with Crippen molar-refractivity contribution >= 4 is 27.4 Å². The van der Waals surface area contributed by atoms with Gasteiger partial charge in [0.25, 0.3) is 0 Å². The number of ether oxygens (including phenoxy) is 1. The van der Waals surface area contributed by atoms with Crippen molar-refractivity contribution in [2.75, 3.05) is 19.0 Å². The largest absolute Gasteiger partial charge is 0.467 e. The minimum atomic E-state index is 0.393. The fourth-order valence-corrected chi connectivity index (χ4v) is 2.63. The number of rotatable bonds is 3. The number of hydrogen-bond donors (Lipinski definition) is 2. The average molecular weight is 335 g/mol. The highest BCUT2D eigenvalue weighted by Gasteiger charge is 2.18. The fourth-order valence-electron chi connectivity index (χ4n) is 2.23. The van der Waals surface area contributed by atoms with Crippen LogP contribution in [0.5, 0.6) is 6.01 Å². The van der Waals surface area contributed by atoms with Crippen molar-refractivity contribution in [2.45, 2.75) is 13.0 Å². The zero-order valence-corrected chi connectivity index (χ0v) is 12.7. The quantitative estimate of drug-likeness (QED) is 0.903. The summed E-state index contributed by atoms with van der Waals surface area (Å²) in [5.74, 6) is 0.825. The van der Waals surface area contributed by atoms with Crippen LogP contribution >= 0.6 is 15.9 Å². The van der Waals surface area contributed by atoms with Crippen LogP contribution in [0.3, 0.4) is 0 Å². The number of aromatic nitrogens is 2. The second-order valence-electron chi connectivity index (χ2n) is 4.55. The summed E-state index contributed by atoms with van der Waals surface area (Å²) < 4.78 is 6.21. The molecule has 5 nitrogen and oxygen atoms in total. The molecule has 1 aliphatic heterocycles. The number of hydrogen-bond acceptors (Lipinski definition) is 5. The Labute approximate surface area is 125 Å². The van der Waals surface area contributed by atoms with E-state index in [0.29, 0.717) is 6.01 Å². The zero-order valence-electron chi connectivity index (χ0n) is 11.1. The lowest BCUT2D eigenvalue weighted by atomic mass is 10.1. The second-order valence-corrected chi connectivity index (χ2v) is 5.46. The molecule has 2 heterocycles. The summed E-state index contributed by atoms with van der Waals surface area (Å²) in [7, 11) is 1.58. The van der Waals surface area contributed by atoms with E-state index in [2.05, 4.69) is 36.5 Å². The van der Waals surface area contributed by atoms with Crippen molar-refractivity contribution < 1.29 is 4.74 Å². The fraction of sp³-hybridized carbons (Fsp3) is 0.286. The Balaban J connectivity index is 1.99. The lowest BCUT2D eigenvalue weighted by Gasteiger charge is -2.20. The van der Waals surface area contributed by atoms with Gasteiger partial charge in [-0.15, -0.1) is 0 Å². The third kappa shape index (κ3) is 2.76. The molecule has 3 rings (SSSR count). The van der Waals surface area contributed by atoms with E-state index in [0.717, 1.165) is 46.7 Å². The van der Waals surface area contributed by atoms with Crippen LogP contribution in [0.2, 0.25) is 0 Å². The molecule has 1 aromatic heterocycles. The van der Waals surface area contributed by atoms with E-state index in [1.165, 1.54) is 0 Å². The maximum absolute atomic E-state index is 5.18. The normalized spacial score (nSPS) is 13.7. The number of fused-ring (bicyclic) bond motifs is 1. The van der Waals surface area contributed by atoms with E-state index in [1.807, 2.05) is 24.3 Å². The van der Waals surface area contributed by atoms with Crippen molar-refractivity contribution in [2.24, 2.45) is 0 Å². The summed E-state index contributed by atoms with van der Waals surface area (Å²) in [6.45, 7) is 1.69. The van der Waals surface area contributed by atoms with E-state index in [4.69, 9.17) is 4.74 Å². The molecule has 0 saturated carbocycles. The molecule has 104 valence electrons. The molecule has 0 spiro atoms. The Morgan fingerprint density at radius 2 is 2.25 bits per heavy atom. The summed E-state index contributed by atoms with van der Waals surface area (Å²) in [4.78, 5) is 8.85. The van der Waals surface area contributed by atoms with Crippen molar-refractivity contribution in [3.63, 3.8) is 0 Å². The molecular formula is C14H15BrN4O. The van der Waals surface area contributed by atoms with Crippen molar-refractivity contribution in [1.82, 2.24) is 15.3 Å². The molecule has 0 radical (unpaired) electrons. The Kier molecular flexibility index (Phi) is 3.84. The maximum Gasteiger partial charge on any atom is 0.318 e. The molecule has 2 N–H and O–H groups in total. The molecule has 0 saturated heterocycles. The molecule has 20 heavy (non-hydrogen) atoms. The van der Waals surface area contributed by atoms with Gasteiger partial charge in [0.2, 0.25) is 0 Å². The number of halogens is 1. The highest BCUT2D eigenvalue weighted by Crippen LogP contribution is 2.26. The Morgan fingerprint density at radius 3 is 3.05 bits per heavy atom. The van der Waals surface area contributed by atoms with Crippen LogP contribution in [0.25, 0.3) is 0 Å². The Hall–Kier alpha value is -1.66. The monoisotopic (exact) mass is 334 g/mol. The Morgan fingerprint density at radius 1 is 1.35 bits per heavy atom. The van der Waals surface area contributed by atoms with E-state index in [1.54, 1.807) is 7.11 Å². The van der Waals surface area contributed by atoms with Crippen LogP contribution in [0.4, 0.5) is 11.5 Å². The van der Waals surface area contributed by atoms with Crippen LogP contribution in [0, 0.1) is 0 Å². The summed E-state index contributed by atoms with van der Waals surface area (Å²) >= 11 is 3.47. The lowest BCUT2D eigenvalue weighted by Crippen LogP contribution is -2.26. The van der Waals surface area contributed by atoms with Crippen LogP contribution < -0.4 is 15.4 Å². The van der Waals surface area contributed by atoms with Gasteiger partial charge >= 0.3 is 6.01 Å². The first-order valence-corrected chi connectivity index (χ1v) is 7.22. The molecule has 0 amide bonds. The van der Waals surface area contributed by atoms with E-state index in [-0.39, 0.29) is 0 Å². The summed E-state index contributed by atoms with van der Waals surface area (Å²) in [6.07, 6.45) is 0.912. The first kappa shape index (κ1) is 13.3. The van der Waals surface area contributed by atoms with Gasteiger partial charge in [0.1, 0.15) is 5.82 Å². The van der Waals surface area contributed by atoms with E-state index in [9.17, 15) is 0 Å². The molecule has 1 aromatic carbocycles. The minimum absolute atomic E-state index is 0.393. The first-order valence-electron chi connectivity index (χ1n) is 6.43. The summed E-state index contributed by atoms with van der Waals surface area (Å²) in [5, 5.41) is 6.67. The first-order chi connectivity index (χ1) is 9.76. The van der Waals surface area contributed by atoms with Gasteiger partial charge in [0, 0.05) is 22.3 Å². The minimum Gasteiger partial charge on any atom is -0.467 e. The number of methoxy groups -OCH3 is 1. The van der Waals surface area contributed by atoms with Crippen molar-refractivity contribution in [3.05, 3.63) is 40.0 Å². The van der Waals surface area contributed by atoms with Gasteiger partial charge in [-0.05, 0) is 31.2 Å². The van der Waals surface area contributed by atoms with Crippen LogP contribution in [0.15, 0.2) is 28.7 Å². The predicted octanol–water partition coefficient (Wildman–Crippen LogP) is 2.64. The van der Waals surface area contributed by atoms with Gasteiger partial charge in [-0.25, -0.2) is 0 Å². The smallest absolute Gasteiger partial charge is 0.318 e. The standard InChI is InChI=1S/C14H15BrN4O/c1-20-14-18-12-8-16-6-5-11(12)13(19-14)17-10-4-2-3-9(15)7-10/h2-4,7,16H,5-6,8H2,1H3,(H,17,18,19). The van der Waals surface area contributed by atoms with Gasteiger partial charge < -0.3 is 15.4 Å². The highest BCUT2D eigenvalue weighted by atomic mass is 79.9. The SMILES string of the molecule is COc1nc2c(c(Nc3cccc(Br)c3)n1)CCNC2. The van der Waals surface area contributed by atoms with Crippen LogP contribution in [-0.2, 0) is 13.0 Å². The molecule has 2 aromatic rings. The third-order valence-corrected chi connectivity index (χ3v) is 3.68. The number of nitrogens with zero attached hydrogens (tertiary/aromatic N) is 2.